The van der Waals surface area contributed by atoms with Crippen LogP contribution in [0.5, 0.6) is 0 Å². The zero-order valence-electron chi connectivity index (χ0n) is 18.5. The molecule has 1 aromatic carbocycles. The van der Waals surface area contributed by atoms with Crippen molar-refractivity contribution in [2.75, 3.05) is 33.4 Å². The summed E-state index contributed by atoms with van der Waals surface area (Å²) in [6.45, 7) is 4.75. The van der Waals surface area contributed by atoms with Crippen LogP contribution in [-0.4, -0.2) is 55.0 Å². The number of aromatic nitrogens is 1. The normalized spacial score (nSPS) is 24.7. The largest absolute Gasteiger partial charge is 0.356 e. The van der Waals surface area contributed by atoms with Crippen molar-refractivity contribution < 1.29 is 23.2 Å². The number of carbonyl (C=O) groups excluding carboxylic acids is 1. The number of fused-ring (bicyclic) bond motifs is 1. The van der Waals surface area contributed by atoms with Crippen molar-refractivity contribution >= 4 is 16.8 Å². The second kappa shape index (κ2) is 9.90. The van der Waals surface area contributed by atoms with E-state index in [4.69, 9.17) is 14.0 Å². The minimum atomic E-state index is -0.919. The van der Waals surface area contributed by atoms with Gasteiger partial charge >= 0.3 is 0 Å². The molecule has 6 nitrogen and oxygen atoms in total. The van der Waals surface area contributed by atoms with Gasteiger partial charge in [-0.3, -0.25) is 9.69 Å². The van der Waals surface area contributed by atoms with Crippen molar-refractivity contribution in [2.45, 2.75) is 31.5 Å². The van der Waals surface area contributed by atoms with Gasteiger partial charge in [-0.2, -0.15) is 0 Å². The Morgan fingerprint density at radius 3 is 2.72 bits per heavy atom. The van der Waals surface area contributed by atoms with Crippen molar-refractivity contribution in [1.29, 1.82) is 0 Å². The zero-order chi connectivity index (χ0) is 22.6. The molecular weight excluding hydrogens is 411 g/mol. The van der Waals surface area contributed by atoms with E-state index in [9.17, 15) is 9.18 Å². The fraction of sp³-hybridized carbons (Fsp3) is 0.440. The standard InChI is InChI=1S/C25H29FN2O4/c1-18(29)19-7-11-25(30-2,12-8-19)31-16-4-3-13-28-14-9-20(10-15-28)24-22-6-5-21(26)17-23(22)32-27-24/h3-8,11-12,17,19-20H,9-10,13-16H2,1-2H3/b4-3-. The number of hydrogen-bond acceptors (Lipinski definition) is 6. The number of likely N-dealkylation sites (tertiary alicyclic amines) is 1. The summed E-state index contributed by atoms with van der Waals surface area (Å²) in [7, 11) is 1.59. The van der Waals surface area contributed by atoms with Crippen LogP contribution in [0.2, 0.25) is 0 Å². The summed E-state index contributed by atoms with van der Waals surface area (Å²) in [4.78, 5) is 13.9. The number of ketones is 1. The van der Waals surface area contributed by atoms with E-state index in [1.54, 1.807) is 32.3 Å². The molecule has 2 aliphatic rings. The Morgan fingerprint density at radius 1 is 1.28 bits per heavy atom. The number of methoxy groups -OCH3 is 1. The molecule has 1 aliphatic heterocycles. The van der Waals surface area contributed by atoms with Gasteiger partial charge in [-0.1, -0.05) is 29.5 Å². The molecule has 1 aromatic heterocycles. The number of Topliss-reactive ketones (excluding diaryl/α,β-unsaturated/α-hetero) is 1. The SMILES string of the molecule is COC1(OC/C=C\CN2CCC(c3noc4cc(F)ccc34)CC2)C=CC(C(C)=O)C=C1. The van der Waals surface area contributed by atoms with E-state index in [0.717, 1.165) is 43.6 Å². The minimum absolute atomic E-state index is 0.0940. The molecule has 7 heteroatoms. The quantitative estimate of drug-likeness (QED) is 0.448. The summed E-state index contributed by atoms with van der Waals surface area (Å²) in [5, 5.41) is 5.12. The molecule has 32 heavy (non-hydrogen) atoms. The van der Waals surface area contributed by atoms with Gasteiger partial charge in [0.15, 0.2) is 5.58 Å². The predicted molar refractivity (Wildman–Crippen MR) is 120 cm³/mol. The Labute approximate surface area is 187 Å². The molecule has 170 valence electrons. The van der Waals surface area contributed by atoms with Crippen molar-refractivity contribution in [1.82, 2.24) is 10.1 Å². The number of ether oxygens (including phenoxy) is 2. The Bertz CT molecular complexity index is 1020. The number of benzene rings is 1. The Kier molecular flexibility index (Phi) is 6.98. The first-order chi connectivity index (χ1) is 15.5. The van der Waals surface area contributed by atoms with Gasteiger partial charge < -0.3 is 14.0 Å². The first kappa shape index (κ1) is 22.6. The van der Waals surface area contributed by atoms with Gasteiger partial charge in [0, 0.05) is 31.0 Å². The monoisotopic (exact) mass is 440 g/mol. The second-order valence-electron chi connectivity index (χ2n) is 8.35. The molecule has 0 atom stereocenters. The van der Waals surface area contributed by atoms with Crippen molar-refractivity contribution in [3.63, 3.8) is 0 Å². The fourth-order valence-electron chi connectivity index (χ4n) is 4.24. The lowest BCUT2D eigenvalue weighted by molar-refractivity contribution is -0.147. The van der Waals surface area contributed by atoms with E-state index in [1.165, 1.54) is 12.1 Å². The van der Waals surface area contributed by atoms with E-state index >= 15 is 0 Å². The van der Waals surface area contributed by atoms with Gasteiger partial charge in [0.05, 0.1) is 18.2 Å². The number of nitrogens with zero attached hydrogens (tertiary/aromatic N) is 2. The molecule has 1 saturated heterocycles. The average Bonchev–Trinajstić information content (AvgIpc) is 3.22. The molecule has 0 amide bonds. The molecule has 0 spiro atoms. The highest BCUT2D eigenvalue weighted by Gasteiger charge is 2.28. The molecular formula is C25H29FN2O4. The molecule has 2 aromatic rings. The van der Waals surface area contributed by atoms with E-state index < -0.39 is 5.79 Å². The Morgan fingerprint density at radius 2 is 2.03 bits per heavy atom. The third-order valence-electron chi connectivity index (χ3n) is 6.23. The molecule has 4 rings (SSSR count). The summed E-state index contributed by atoms with van der Waals surface area (Å²) in [5.74, 6) is -1.01. The van der Waals surface area contributed by atoms with Gasteiger partial charge in [0.25, 0.3) is 0 Å². The molecule has 2 heterocycles. The smallest absolute Gasteiger partial charge is 0.208 e. The topological polar surface area (TPSA) is 64.8 Å². The van der Waals surface area contributed by atoms with Crippen LogP contribution < -0.4 is 0 Å². The number of hydrogen-bond donors (Lipinski definition) is 0. The summed E-state index contributed by atoms with van der Waals surface area (Å²) >= 11 is 0. The minimum Gasteiger partial charge on any atom is -0.356 e. The summed E-state index contributed by atoms with van der Waals surface area (Å²) < 4.78 is 30.1. The lowest BCUT2D eigenvalue weighted by Gasteiger charge is -2.30. The first-order valence-corrected chi connectivity index (χ1v) is 11.0. The van der Waals surface area contributed by atoms with Crippen molar-refractivity contribution in [3.8, 4) is 0 Å². The number of rotatable bonds is 8. The molecule has 0 saturated carbocycles. The first-order valence-electron chi connectivity index (χ1n) is 11.0. The van der Waals surface area contributed by atoms with Crippen molar-refractivity contribution in [3.05, 3.63) is 66.2 Å². The maximum absolute atomic E-state index is 13.4. The third kappa shape index (κ3) is 5.06. The summed E-state index contributed by atoms with van der Waals surface area (Å²) in [6, 6.07) is 4.61. The summed E-state index contributed by atoms with van der Waals surface area (Å²) in [5.41, 5.74) is 1.45. The summed E-state index contributed by atoms with van der Waals surface area (Å²) in [6.07, 6.45) is 13.3. The molecule has 0 bridgehead atoms. The van der Waals surface area contributed by atoms with Gasteiger partial charge in [0.2, 0.25) is 5.79 Å². The van der Waals surface area contributed by atoms with Crippen LogP contribution in [0, 0.1) is 11.7 Å². The number of halogens is 1. The molecule has 1 aliphatic carbocycles. The van der Waals surface area contributed by atoms with Crippen LogP contribution in [0.3, 0.4) is 0 Å². The Hall–Kier alpha value is -2.61. The van der Waals surface area contributed by atoms with E-state index in [-0.39, 0.29) is 17.5 Å². The van der Waals surface area contributed by atoms with Crippen LogP contribution in [0.25, 0.3) is 11.0 Å². The van der Waals surface area contributed by atoms with Gasteiger partial charge in [0.1, 0.15) is 11.6 Å². The van der Waals surface area contributed by atoms with E-state index in [2.05, 4.69) is 16.1 Å². The predicted octanol–water partition coefficient (Wildman–Crippen LogP) is 4.39. The van der Waals surface area contributed by atoms with Crippen LogP contribution in [0.15, 0.2) is 59.2 Å². The second-order valence-corrected chi connectivity index (χ2v) is 8.35. The van der Waals surface area contributed by atoms with E-state index in [0.29, 0.717) is 18.1 Å². The highest BCUT2D eigenvalue weighted by Crippen LogP contribution is 2.32. The maximum Gasteiger partial charge on any atom is 0.208 e. The number of piperidine rings is 1. The maximum atomic E-state index is 13.4. The lowest BCUT2D eigenvalue weighted by atomic mass is 9.91. The fourth-order valence-corrected chi connectivity index (χ4v) is 4.24. The third-order valence-corrected chi connectivity index (χ3v) is 6.23. The van der Waals surface area contributed by atoms with Crippen LogP contribution in [0.4, 0.5) is 4.39 Å². The number of allylic oxidation sites excluding steroid dienone is 2. The van der Waals surface area contributed by atoms with Crippen LogP contribution in [-0.2, 0) is 14.3 Å². The van der Waals surface area contributed by atoms with E-state index in [1.807, 2.05) is 18.2 Å². The molecule has 1 fully saturated rings. The Balaban J connectivity index is 1.22. The zero-order valence-corrected chi connectivity index (χ0v) is 18.5. The highest BCUT2D eigenvalue weighted by molar-refractivity contribution is 5.82. The van der Waals surface area contributed by atoms with Crippen molar-refractivity contribution in [2.24, 2.45) is 5.92 Å². The molecule has 0 radical (unpaired) electrons. The van der Waals surface area contributed by atoms with Crippen LogP contribution in [0.1, 0.15) is 31.4 Å². The van der Waals surface area contributed by atoms with Crippen LogP contribution >= 0.6 is 0 Å². The molecule has 0 N–H and O–H groups in total. The number of carbonyl (C=O) groups is 1. The average molecular weight is 441 g/mol. The van der Waals surface area contributed by atoms with Gasteiger partial charge in [-0.15, -0.1) is 0 Å². The lowest BCUT2D eigenvalue weighted by Crippen LogP contribution is -2.34. The molecule has 0 unspecified atom stereocenters. The van der Waals surface area contributed by atoms with Gasteiger partial charge in [-0.25, -0.2) is 4.39 Å². The highest BCUT2D eigenvalue weighted by atomic mass is 19.1. The van der Waals surface area contributed by atoms with Gasteiger partial charge in [-0.05, 0) is 57.1 Å².